The van der Waals surface area contributed by atoms with Gasteiger partial charge in [0.05, 0.1) is 35.3 Å². The molecule has 1 fully saturated rings. The number of carbonyl (C=O) groups is 1. The van der Waals surface area contributed by atoms with E-state index >= 15 is 0 Å². The molecule has 0 unspecified atom stereocenters. The minimum absolute atomic E-state index is 0.0378. The number of carbonyl (C=O) groups excluding carboxylic acids is 1. The van der Waals surface area contributed by atoms with Gasteiger partial charge in [0.25, 0.3) is 5.91 Å². The van der Waals surface area contributed by atoms with E-state index in [1.165, 1.54) is 4.90 Å². The molecule has 2 heterocycles. The van der Waals surface area contributed by atoms with E-state index in [2.05, 4.69) is 9.88 Å². The Hall–Kier alpha value is -3.90. The Kier molecular flexibility index (Phi) is 9.83. The maximum Gasteiger partial charge on any atom is 0.416 e. The van der Waals surface area contributed by atoms with E-state index < -0.39 is 41.0 Å². The molecule has 5 rings (SSSR count). The average Bonchev–Trinajstić information content (AvgIpc) is 3.36. The predicted octanol–water partition coefficient (Wildman–Crippen LogP) is 7.12. The predicted molar refractivity (Wildman–Crippen MR) is 158 cm³/mol. The number of alkyl halides is 6. The summed E-state index contributed by atoms with van der Waals surface area (Å²) in [5.41, 5.74) is -0.917. The van der Waals surface area contributed by atoms with Gasteiger partial charge in [-0.15, -0.1) is 0 Å². The number of nitrogens with one attached hydrogen (secondary N) is 1. The smallest absolute Gasteiger partial charge is 0.380 e. The Morgan fingerprint density at radius 3 is 2.29 bits per heavy atom. The van der Waals surface area contributed by atoms with Crippen LogP contribution in [-0.2, 0) is 36.6 Å². The largest absolute Gasteiger partial charge is 0.416 e. The number of likely N-dealkylation sites (tertiary alicyclic amines) is 1. The summed E-state index contributed by atoms with van der Waals surface area (Å²) in [6, 6.07) is 17.6. The lowest BCUT2D eigenvalue weighted by molar-refractivity contribution is -0.143. The van der Waals surface area contributed by atoms with Crippen LogP contribution in [0.5, 0.6) is 0 Å². The van der Waals surface area contributed by atoms with Crippen LogP contribution in [0.25, 0.3) is 11.0 Å². The first kappa shape index (κ1) is 32.5. The number of imidazole rings is 1. The van der Waals surface area contributed by atoms with Crippen molar-refractivity contribution in [2.24, 2.45) is 0 Å². The van der Waals surface area contributed by atoms with Crippen molar-refractivity contribution in [3.63, 3.8) is 0 Å². The second-order valence-corrected chi connectivity index (χ2v) is 11.1. The number of hydrogen-bond acceptors (Lipinski definition) is 4. The van der Waals surface area contributed by atoms with Gasteiger partial charge in [-0.2, -0.15) is 26.3 Å². The molecule has 0 aliphatic carbocycles. The van der Waals surface area contributed by atoms with Gasteiger partial charge < -0.3 is 19.5 Å². The number of halogens is 6. The van der Waals surface area contributed by atoms with Gasteiger partial charge >= 0.3 is 12.4 Å². The van der Waals surface area contributed by atoms with Crippen LogP contribution in [0.15, 0.2) is 72.8 Å². The quantitative estimate of drug-likeness (QED) is 0.150. The van der Waals surface area contributed by atoms with Crippen molar-refractivity contribution in [2.45, 2.75) is 63.7 Å². The van der Waals surface area contributed by atoms with Gasteiger partial charge in [-0.25, -0.2) is 4.98 Å². The fourth-order valence-electron chi connectivity index (χ4n) is 5.87. The molecular weight excluding hydrogens is 598 g/mol. The van der Waals surface area contributed by atoms with Crippen LogP contribution < -0.4 is 5.32 Å². The summed E-state index contributed by atoms with van der Waals surface area (Å²) in [5, 5.41) is 3.54. The van der Waals surface area contributed by atoms with Gasteiger partial charge in [-0.1, -0.05) is 42.5 Å². The molecule has 0 saturated carbocycles. The molecular formula is C33H34F6N4O2. The van der Waals surface area contributed by atoms with Crippen molar-refractivity contribution in [2.75, 3.05) is 19.8 Å². The Labute approximate surface area is 257 Å². The third kappa shape index (κ3) is 7.85. The lowest BCUT2D eigenvalue weighted by atomic mass is 9.91. The minimum Gasteiger partial charge on any atom is -0.380 e. The highest BCUT2D eigenvalue weighted by Crippen LogP contribution is 2.37. The molecule has 1 aromatic heterocycles. The van der Waals surface area contributed by atoms with Crippen LogP contribution in [0.2, 0.25) is 0 Å². The zero-order valence-electron chi connectivity index (χ0n) is 24.7. The molecule has 240 valence electrons. The summed E-state index contributed by atoms with van der Waals surface area (Å²) in [7, 11) is 0. The molecule has 45 heavy (non-hydrogen) atoms. The van der Waals surface area contributed by atoms with Gasteiger partial charge in [-0.3, -0.25) is 4.79 Å². The first-order valence-electron chi connectivity index (χ1n) is 14.8. The Morgan fingerprint density at radius 2 is 1.62 bits per heavy atom. The third-order valence-corrected chi connectivity index (χ3v) is 8.07. The number of rotatable bonds is 10. The number of piperidine rings is 1. The molecule has 12 heteroatoms. The first-order valence-corrected chi connectivity index (χ1v) is 14.8. The van der Waals surface area contributed by atoms with E-state index in [4.69, 9.17) is 9.72 Å². The molecule has 0 bridgehead atoms. The molecule has 0 radical (unpaired) electrons. The summed E-state index contributed by atoms with van der Waals surface area (Å²) < 4.78 is 89.0. The Balaban J connectivity index is 1.38. The van der Waals surface area contributed by atoms with E-state index in [9.17, 15) is 31.1 Å². The van der Waals surface area contributed by atoms with Crippen molar-refractivity contribution < 1.29 is 35.9 Å². The fourth-order valence-corrected chi connectivity index (χ4v) is 5.87. The molecule has 1 aliphatic heterocycles. The summed E-state index contributed by atoms with van der Waals surface area (Å²) in [4.78, 5) is 19.9. The first-order chi connectivity index (χ1) is 21.4. The molecule has 2 atom stereocenters. The van der Waals surface area contributed by atoms with Crippen LogP contribution in [0.4, 0.5) is 26.3 Å². The summed E-state index contributed by atoms with van der Waals surface area (Å²) in [6.45, 7) is 4.26. The standard InChI is InChI=1S/C33H34F6N4O2/c1-2-45-15-14-43-29-11-7-6-10-28(29)41-30(43)21-40-26-12-13-42(27(20-26)16-22-8-4-3-5-9-22)31(44)23-17-24(32(34,35)36)19-25(18-23)33(37,38)39/h3-11,17-19,26-27,40H,2,12-16,20-21H2,1H3/t26-,27+/m0/s1. The van der Waals surface area contributed by atoms with E-state index in [1.54, 1.807) is 0 Å². The second-order valence-electron chi connectivity index (χ2n) is 11.1. The van der Waals surface area contributed by atoms with Crippen molar-refractivity contribution in [1.82, 2.24) is 19.8 Å². The molecule has 0 spiro atoms. The van der Waals surface area contributed by atoms with Gasteiger partial charge in [0.2, 0.25) is 0 Å². The van der Waals surface area contributed by atoms with Crippen molar-refractivity contribution in [3.05, 3.63) is 101 Å². The second kappa shape index (κ2) is 13.6. The van der Waals surface area contributed by atoms with Crippen LogP contribution in [0.3, 0.4) is 0 Å². The third-order valence-electron chi connectivity index (χ3n) is 8.07. The molecule has 4 aromatic rings. The maximum atomic E-state index is 13.7. The van der Waals surface area contributed by atoms with E-state index in [0.717, 1.165) is 22.4 Å². The molecule has 1 N–H and O–H groups in total. The number of amides is 1. The Bertz CT molecular complexity index is 1570. The van der Waals surface area contributed by atoms with Crippen molar-refractivity contribution in [3.8, 4) is 0 Å². The molecule has 6 nitrogen and oxygen atoms in total. The topological polar surface area (TPSA) is 59.4 Å². The zero-order chi connectivity index (χ0) is 32.2. The minimum atomic E-state index is -5.05. The highest BCUT2D eigenvalue weighted by Gasteiger charge is 2.39. The van der Waals surface area contributed by atoms with Gasteiger partial charge in [0.15, 0.2) is 0 Å². The normalized spacial score (nSPS) is 17.6. The van der Waals surface area contributed by atoms with Crippen LogP contribution in [0, 0.1) is 0 Å². The highest BCUT2D eigenvalue weighted by atomic mass is 19.4. The lowest BCUT2D eigenvalue weighted by Gasteiger charge is -2.40. The molecule has 1 amide bonds. The zero-order valence-corrected chi connectivity index (χ0v) is 24.7. The van der Waals surface area contributed by atoms with Crippen molar-refractivity contribution in [1.29, 1.82) is 0 Å². The van der Waals surface area contributed by atoms with Gasteiger partial charge in [0, 0.05) is 37.3 Å². The van der Waals surface area contributed by atoms with Crippen LogP contribution >= 0.6 is 0 Å². The van der Waals surface area contributed by atoms with Crippen LogP contribution in [0.1, 0.15) is 52.6 Å². The average molecular weight is 633 g/mol. The SMILES string of the molecule is CCOCCn1c(CN[C@H]2CCN(C(=O)c3cc(C(F)(F)F)cc(C(F)(F)F)c3)[C@H](Cc3ccccc3)C2)nc2ccccc21. The number of aromatic nitrogens is 2. The summed E-state index contributed by atoms with van der Waals surface area (Å²) >= 11 is 0. The van der Waals surface area contributed by atoms with E-state index in [1.807, 2.05) is 61.5 Å². The molecule has 1 aliphatic rings. The van der Waals surface area contributed by atoms with Crippen molar-refractivity contribution >= 4 is 16.9 Å². The molecule has 3 aromatic carbocycles. The number of hydrogen-bond donors (Lipinski definition) is 1. The summed E-state index contributed by atoms with van der Waals surface area (Å²) in [6.07, 6.45) is -8.79. The monoisotopic (exact) mass is 632 g/mol. The lowest BCUT2D eigenvalue weighted by Crippen LogP contribution is -2.51. The number of para-hydroxylation sites is 2. The van der Waals surface area contributed by atoms with Gasteiger partial charge in [0.1, 0.15) is 5.82 Å². The highest BCUT2D eigenvalue weighted by molar-refractivity contribution is 5.95. The van der Waals surface area contributed by atoms with E-state index in [0.29, 0.717) is 57.7 Å². The van der Waals surface area contributed by atoms with Gasteiger partial charge in [-0.05, 0) is 62.1 Å². The molecule has 1 saturated heterocycles. The fraction of sp³-hybridized carbons (Fsp3) is 0.394. The maximum absolute atomic E-state index is 13.7. The number of ether oxygens (including phenoxy) is 1. The van der Waals surface area contributed by atoms with E-state index in [-0.39, 0.29) is 18.7 Å². The number of fused-ring (bicyclic) bond motifs is 1. The Morgan fingerprint density at radius 1 is 0.956 bits per heavy atom. The number of nitrogens with zero attached hydrogens (tertiary/aromatic N) is 3. The summed E-state index contributed by atoms with van der Waals surface area (Å²) in [5.74, 6) is -0.0404. The van der Waals surface area contributed by atoms with Crippen LogP contribution in [-0.4, -0.2) is 52.2 Å². The number of benzene rings is 3.